The van der Waals surface area contributed by atoms with Crippen LogP contribution in [0, 0.1) is 6.92 Å². The third-order valence-electron chi connectivity index (χ3n) is 4.98. The Kier molecular flexibility index (Phi) is 6.37. The minimum absolute atomic E-state index is 0.111. The number of methoxy groups -OCH3 is 1. The zero-order valence-electron chi connectivity index (χ0n) is 17.4. The average molecular weight is 434 g/mol. The fourth-order valence-electron chi connectivity index (χ4n) is 3.34. The Hall–Kier alpha value is -3.52. The summed E-state index contributed by atoms with van der Waals surface area (Å²) in [7, 11) is 1.67. The van der Waals surface area contributed by atoms with Gasteiger partial charge in [0.25, 0.3) is 5.91 Å². The summed E-state index contributed by atoms with van der Waals surface area (Å²) in [5.41, 5.74) is 3.06. The van der Waals surface area contributed by atoms with Gasteiger partial charge in [-0.25, -0.2) is 9.97 Å². The van der Waals surface area contributed by atoms with Gasteiger partial charge in [0.15, 0.2) is 0 Å². The van der Waals surface area contributed by atoms with E-state index >= 15 is 0 Å². The molecule has 0 aliphatic carbocycles. The number of aryl methyl sites for hydroxylation is 1. The van der Waals surface area contributed by atoms with Gasteiger partial charge in [-0.15, -0.1) is 11.3 Å². The van der Waals surface area contributed by atoms with E-state index in [1.807, 2.05) is 37.3 Å². The molecule has 0 unspecified atom stereocenters. The van der Waals surface area contributed by atoms with Crippen molar-refractivity contribution in [3.63, 3.8) is 0 Å². The van der Waals surface area contributed by atoms with Crippen molar-refractivity contribution in [2.75, 3.05) is 19.0 Å². The van der Waals surface area contributed by atoms with Crippen LogP contribution in [0.2, 0.25) is 0 Å². The second-order valence-corrected chi connectivity index (χ2v) is 8.02. The van der Waals surface area contributed by atoms with Crippen molar-refractivity contribution >= 4 is 33.3 Å². The molecule has 158 valence electrons. The fraction of sp³-hybridized carbons (Fsp3) is 0.217. The van der Waals surface area contributed by atoms with Gasteiger partial charge in [0.1, 0.15) is 22.7 Å². The fourth-order valence-corrected chi connectivity index (χ4v) is 4.40. The number of hydrogen-bond donors (Lipinski definition) is 2. The topological polar surface area (TPSA) is 89.0 Å². The van der Waals surface area contributed by atoms with Crippen molar-refractivity contribution in [3.05, 3.63) is 76.7 Å². The first-order valence-electron chi connectivity index (χ1n) is 9.93. The molecule has 2 N–H and O–H groups in total. The van der Waals surface area contributed by atoms with Crippen molar-refractivity contribution in [2.45, 2.75) is 19.9 Å². The number of carbonyl (C=O) groups excluding carboxylic acids is 1. The Morgan fingerprint density at radius 3 is 2.77 bits per heavy atom. The monoisotopic (exact) mass is 433 g/mol. The Morgan fingerprint density at radius 2 is 1.97 bits per heavy atom. The molecule has 0 aliphatic rings. The van der Waals surface area contributed by atoms with Crippen LogP contribution in [-0.2, 0) is 13.0 Å². The summed E-state index contributed by atoms with van der Waals surface area (Å²) >= 11 is 1.38. The molecule has 0 saturated carbocycles. The van der Waals surface area contributed by atoms with Crippen LogP contribution in [0.5, 0.6) is 5.75 Å². The van der Waals surface area contributed by atoms with Crippen LogP contribution in [-0.4, -0.2) is 34.5 Å². The average Bonchev–Trinajstić information content (AvgIpc) is 3.15. The van der Waals surface area contributed by atoms with E-state index in [1.54, 1.807) is 19.5 Å². The number of amides is 1. The minimum atomic E-state index is -0.111. The number of rotatable bonds is 8. The van der Waals surface area contributed by atoms with E-state index in [4.69, 9.17) is 4.74 Å². The van der Waals surface area contributed by atoms with Gasteiger partial charge in [0, 0.05) is 25.5 Å². The van der Waals surface area contributed by atoms with Crippen molar-refractivity contribution in [2.24, 2.45) is 0 Å². The number of fused-ring (bicyclic) bond motifs is 1. The van der Waals surface area contributed by atoms with E-state index in [-0.39, 0.29) is 5.91 Å². The lowest BCUT2D eigenvalue weighted by atomic mass is 10.1. The summed E-state index contributed by atoms with van der Waals surface area (Å²) in [4.78, 5) is 27.0. The molecule has 0 spiro atoms. The molecule has 0 saturated heterocycles. The molecule has 4 rings (SSSR count). The van der Waals surface area contributed by atoms with Gasteiger partial charge in [-0.05, 0) is 54.3 Å². The third-order valence-corrected chi connectivity index (χ3v) is 6.17. The molecule has 0 fully saturated rings. The maximum Gasteiger partial charge on any atom is 0.261 e. The van der Waals surface area contributed by atoms with E-state index in [0.717, 1.165) is 39.3 Å². The maximum atomic E-state index is 12.8. The number of pyridine rings is 1. The Balaban J connectivity index is 1.47. The predicted molar refractivity (Wildman–Crippen MR) is 123 cm³/mol. The summed E-state index contributed by atoms with van der Waals surface area (Å²) in [5.74, 6) is 1.48. The lowest BCUT2D eigenvalue weighted by Crippen LogP contribution is -2.22. The molecular weight excluding hydrogens is 410 g/mol. The van der Waals surface area contributed by atoms with Crippen LogP contribution in [0.3, 0.4) is 0 Å². The molecule has 0 radical (unpaired) electrons. The first-order valence-corrected chi connectivity index (χ1v) is 10.8. The molecule has 3 aromatic heterocycles. The van der Waals surface area contributed by atoms with Gasteiger partial charge < -0.3 is 15.4 Å². The van der Waals surface area contributed by atoms with Gasteiger partial charge in [0.2, 0.25) is 0 Å². The zero-order chi connectivity index (χ0) is 21.6. The highest BCUT2D eigenvalue weighted by Crippen LogP contribution is 2.33. The second-order valence-electron chi connectivity index (χ2n) is 7.03. The second kappa shape index (κ2) is 9.53. The smallest absolute Gasteiger partial charge is 0.261 e. The first-order chi connectivity index (χ1) is 15.2. The Labute approximate surface area is 184 Å². The lowest BCUT2D eigenvalue weighted by Gasteiger charge is -2.08. The van der Waals surface area contributed by atoms with E-state index in [0.29, 0.717) is 18.0 Å². The normalized spacial score (nSPS) is 10.8. The van der Waals surface area contributed by atoms with E-state index in [9.17, 15) is 4.79 Å². The molecule has 4 aromatic rings. The number of aromatic nitrogens is 3. The van der Waals surface area contributed by atoms with Crippen molar-refractivity contribution in [1.82, 2.24) is 20.3 Å². The largest absolute Gasteiger partial charge is 0.497 e. The van der Waals surface area contributed by atoms with Crippen molar-refractivity contribution in [1.29, 1.82) is 0 Å². The molecule has 7 nitrogen and oxygen atoms in total. The van der Waals surface area contributed by atoms with Gasteiger partial charge in [-0.3, -0.25) is 9.78 Å². The quantitative estimate of drug-likeness (QED) is 0.437. The predicted octanol–water partition coefficient (Wildman–Crippen LogP) is 3.99. The number of nitrogens with zero attached hydrogens (tertiary/aromatic N) is 3. The number of carbonyl (C=O) groups is 1. The summed E-state index contributed by atoms with van der Waals surface area (Å²) in [6, 6.07) is 11.8. The van der Waals surface area contributed by atoms with E-state index in [2.05, 4.69) is 31.7 Å². The highest BCUT2D eigenvalue weighted by molar-refractivity contribution is 7.20. The van der Waals surface area contributed by atoms with Gasteiger partial charge in [0.05, 0.1) is 17.4 Å². The first kappa shape index (κ1) is 20.7. The summed E-state index contributed by atoms with van der Waals surface area (Å²) in [6.45, 7) is 3.10. The highest BCUT2D eigenvalue weighted by atomic mass is 32.1. The summed E-state index contributed by atoms with van der Waals surface area (Å²) in [6.07, 6.45) is 5.78. The van der Waals surface area contributed by atoms with Crippen LogP contribution < -0.4 is 15.4 Å². The van der Waals surface area contributed by atoms with Crippen LogP contribution >= 0.6 is 11.3 Å². The Morgan fingerprint density at radius 1 is 1.13 bits per heavy atom. The number of anilines is 1. The molecule has 8 heteroatoms. The number of thiophene rings is 1. The number of hydrogen-bond acceptors (Lipinski definition) is 7. The van der Waals surface area contributed by atoms with Crippen LogP contribution in [0.15, 0.2) is 55.1 Å². The van der Waals surface area contributed by atoms with E-state index < -0.39 is 0 Å². The Bertz CT molecular complexity index is 1190. The number of nitrogens with one attached hydrogen (secondary N) is 2. The van der Waals surface area contributed by atoms with Crippen LogP contribution in [0.25, 0.3) is 10.2 Å². The van der Waals surface area contributed by atoms with Crippen molar-refractivity contribution in [3.8, 4) is 5.75 Å². The number of benzene rings is 1. The standard InChI is InChI=1S/C23H23N5O2S/c1-15-19-21(25-11-8-16-4-3-5-18(12-16)30-2)27-14-28-23(19)31-20(15)22(29)26-13-17-6-9-24-10-7-17/h3-7,9-10,12,14H,8,11,13H2,1-2H3,(H,26,29)(H,25,27,28). The van der Waals surface area contributed by atoms with Crippen LogP contribution in [0.1, 0.15) is 26.4 Å². The molecule has 0 bridgehead atoms. The lowest BCUT2D eigenvalue weighted by molar-refractivity contribution is 0.0954. The molecule has 31 heavy (non-hydrogen) atoms. The maximum absolute atomic E-state index is 12.8. The van der Waals surface area contributed by atoms with Crippen molar-refractivity contribution < 1.29 is 9.53 Å². The number of ether oxygens (including phenoxy) is 1. The molecule has 0 aliphatic heterocycles. The zero-order valence-corrected chi connectivity index (χ0v) is 18.2. The van der Waals surface area contributed by atoms with Gasteiger partial charge in [-0.1, -0.05) is 12.1 Å². The minimum Gasteiger partial charge on any atom is -0.497 e. The molecule has 0 atom stereocenters. The summed E-state index contributed by atoms with van der Waals surface area (Å²) in [5, 5.41) is 7.27. The van der Waals surface area contributed by atoms with Crippen LogP contribution in [0.4, 0.5) is 5.82 Å². The molecule has 1 aromatic carbocycles. The third kappa shape index (κ3) is 4.80. The highest BCUT2D eigenvalue weighted by Gasteiger charge is 2.19. The summed E-state index contributed by atoms with van der Waals surface area (Å²) < 4.78 is 5.29. The SMILES string of the molecule is COc1cccc(CCNc2ncnc3sc(C(=O)NCc4ccncc4)c(C)c23)c1. The molecular formula is C23H23N5O2S. The van der Waals surface area contributed by atoms with E-state index in [1.165, 1.54) is 23.2 Å². The van der Waals surface area contributed by atoms with Gasteiger partial charge in [-0.2, -0.15) is 0 Å². The molecule has 1 amide bonds. The molecule has 3 heterocycles. The van der Waals surface area contributed by atoms with Gasteiger partial charge >= 0.3 is 0 Å².